The SMILES string of the molecule is Cc1cncn1-c1ccc(Cl)cc1C(=O)c1ccccc1Cl. The second-order valence-electron chi connectivity index (χ2n) is 4.88. The van der Waals surface area contributed by atoms with Crippen molar-refractivity contribution >= 4 is 29.0 Å². The average Bonchev–Trinajstić information content (AvgIpc) is 2.93. The first-order valence-corrected chi connectivity index (χ1v) is 7.41. The van der Waals surface area contributed by atoms with Crippen molar-refractivity contribution in [1.82, 2.24) is 9.55 Å². The molecule has 0 amide bonds. The van der Waals surface area contributed by atoms with E-state index >= 15 is 0 Å². The Morgan fingerprint density at radius 1 is 1.09 bits per heavy atom. The van der Waals surface area contributed by atoms with Crippen molar-refractivity contribution in [2.45, 2.75) is 6.92 Å². The minimum atomic E-state index is -0.170. The highest BCUT2D eigenvalue weighted by molar-refractivity contribution is 6.35. The Balaban J connectivity index is 2.19. The number of carbonyl (C=O) groups is 1. The first-order valence-electron chi connectivity index (χ1n) is 6.66. The van der Waals surface area contributed by atoms with E-state index in [1.54, 1.807) is 55.0 Å². The largest absolute Gasteiger partial charge is 0.303 e. The van der Waals surface area contributed by atoms with Crippen LogP contribution >= 0.6 is 23.2 Å². The van der Waals surface area contributed by atoms with E-state index in [9.17, 15) is 4.79 Å². The summed E-state index contributed by atoms with van der Waals surface area (Å²) in [6.07, 6.45) is 3.40. The zero-order valence-corrected chi connectivity index (χ0v) is 13.3. The third-order valence-electron chi connectivity index (χ3n) is 3.40. The minimum absolute atomic E-state index is 0.170. The van der Waals surface area contributed by atoms with Crippen LogP contribution in [0.25, 0.3) is 5.69 Å². The van der Waals surface area contributed by atoms with Gasteiger partial charge in [-0.05, 0) is 37.3 Å². The van der Waals surface area contributed by atoms with Crippen LogP contribution in [-0.2, 0) is 0 Å². The molecule has 0 saturated carbocycles. The molecule has 3 rings (SSSR count). The van der Waals surface area contributed by atoms with Gasteiger partial charge in [-0.25, -0.2) is 4.98 Å². The summed E-state index contributed by atoms with van der Waals surface area (Å²) < 4.78 is 1.85. The molecule has 0 fully saturated rings. The number of nitrogens with zero attached hydrogens (tertiary/aromatic N) is 2. The molecule has 3 nitrogen and oxygen atoms in total. The predicted molar refractivity (Wildman–Crippen MR) is 88.2 cm³/mol. The first kappa shape index (κ1) is 14.8. The maximum atomic E-state index is 12.9. The molecule has 0 saturated heterocycles. The summed E-state index contributed by atoms with van der Waals surface area (Å²) in [5.41, 5.74) is 2.59. The normalized spacial score (nSPS) is 10.7. The van der Waals surface area contributed by atoms with Gasteiger partial charge in [-0.15, -0.1) is 0 Å². The fourth-order valence-electron chi connectivity index (χ4n) is 2.30. The summed E-state index contributed by atoms with van der Waals surface area (Å²) in [7, 11) is 0. The number of halogens is 2. The van der Waals surface area contributed by atoms with Crippen molar-refractivity contribution in [3.05, 3.63) is 81.9 Å². The second-order valence-corrected chi connectivity index (χ2v) is 5.72. The van der Waals surface area contributed by atoms with Crippen molar-refractivity contribution in [1.29, 1.82) is 0 Å². The second kappa shape index (κ2) is 5.95. The fraction of sp³-hybridized carbons (Fsp3) is 0.0588. The van der Waals surface area contributed by atoms with Crippen LogP contribution in [0.1, 0.15) is 21.6 Å². The van der Waals surface area contributed by atoms with Gasteiger partial charge in [-0.1, -0.05) is 35.3 Å². The Bertz CT molecular complexity index is 855. The molecule has 0 unspecified atom stereocenters. The fourth-order valence-corrected chi connectivity index (χ4v) is 2.70. The zero-order valence-electron chi connectivity index (χ0n) is 11.8. The smallest absolute Gasteiger partial charge is 0.196 e. The molecule has 2 aromatic carbocycles. The lowest BCUT2D eigenvalue weighted by Gasteiger charge is -2.12. The van der Waals surface area contributed by atoms with Crippen molar-refractivity contribution in [3.63, 3.8) is 0 Å². The van der Waals surface area contributed by atoms with Crippen LogP contribution in [0.5, 0.6) is 0 Å². The van der Waals surface area contributed by atoms with Gasteiger partial charge in [0.1, 0.15) is 0 Å². The molecule has 5 heteroatoms. The number of hydrogen-bond acceptors (Lipinski definition) is 2. The Morgan fingerprint density at radius 2 is 1.86 bits per heavy atom. The molecule has 0 bridgehead atoms. The van der Waals surface area contributed by atoms with Crippen molar-refractivity contribution in [3.8, 4) is 5.69 Å². The van der Waals surface area contributed by atoms with Gasteiger partial charge in [0.05, 0.1) is 17.0 Å². The van der Waals surface area contributed by atoms with Crippen LogP contribution in [0.3, 0.4) is 0 Å². The van der Waals surface area contributed by atoms with E-state index < -0.39 is 0 Å². The molecule has 110 valence electrons. The monoisotopic (exact) mass is 330 g/mol. The highest BCUT2D eigenvalue weighted by atomic mass is 35.5. The molecule has 0 aliphatic rings. The molecule has 1 aromatic heterocycles. The maximum absolute atomic E-state index is 12.9. The van der Waals surface area contributed by atoms with E-state index in [0.29, 0.717) is 21.2 Å². The summed E-state index contributed by atoms with van der Waals surface area (Å²) in [5.74, 6) is -0.170. The molecule has 0 radical (unpaired) electrons. The van der Waals surface area contributed by atoms with Crippen molar-refractivity contribution in [2.24, 2.45) is 0 Å². The maximum Gasteiger partial charge on any atom is 0.196 e. The summed E-state index contributed by atoms with van der Waals surface area (Å²) in [4.78, 5) is 17.0. The number of imidazole rings is 1. The lowest BCUT2D eigenvalue weighted by Crippen LogP contribution is -2.08. The molecular formula is C17H12Cl2N2O. The van der Waals surface area contributed by atoms with Crippen LogP contribution in [0, 0.1) is 6.92 Å². The molecule has 0 spiro atoms. The molecule has 22 heavy (non-hydrogen) atoms. The minimum Gasteiger partial charge on any atom is -0.303 e. The molecule has 0 N–H and O–H groups in total. The number of ketones is 1. The van der Waals surface area contributed by atoms with Crippen LogP contribution in [0.4, 0.5) is 0 Å². The van der Waals surface area contributed by atoms with Crippen LogP contribution < -0.4 is 0 Å². The van der Waals surface area contributed by atoms with Gasteiger partial charge in [-0.3, -0.25) is 4.79 Å². The lowest BCUT2D eigenvalue weighted by atomic mass is 10.0. The van der Waals surface area contributed by atoms with E-state index in [4.69, 9.17) is 23.2 Å². The molecule has 0 aliphatic carbocycles. The Hall–Kier alpha value is -2.10. The van der Waals surface area contributed by atoms with E-state index in [1.165, 1.54) is 0 Å². The topological polar surface area (TPSA) is 34.9 Å². The van der Waals surface area contributed by atoms with E-state index in [-0.39, 0.29) is 5.78 Å². The van der Waals surface area contributed by atoms with Gasteiger partial charge < -0.3 is 4.57 Å². The predicted octanol–water partition coefficient (Wildman–Crippen LogP) is 4.72. The highest BCUT2D eigenvalue weighted by Gasteiger charge is 2.18. The van der Waals surface area contributed by atoms with Gasteiger partial charge in [0.25, 0.3) is 0 Å². The number of hydrogen-bond donors (Lipinski definition) is 0. The van der Waals surface area contributed by atoms with Gasteiger partial charge in [-0.2, -0.15) is 0 Å². The van der Waals surface area contributed by atoms with Gasteiger partial charge in [0.15, 0.2) is 5.78 Å². The van der Waals surface area contributed by atoms with Crippen molar-refractivity contribution < 1.29 is 4.79 Å². The summed E-state index contributed by atoms with van der Waals surface area (Å²) >= 11 is 12.2. The molecule has 3 aromatic rings. The molecule has 1 heterocycles. The Labute approximate surface area is 138 Å². The van der Waals surface area contributed by atoms with Gasteiger partial charge >= 0.3 is 0 Å². The number of aryl methyl sites for hydroxylation is 1. The average molecular weight is 331 g/mol. The molecular weight excluding hydrogens is 319 g/mol. The summed E-state index contributed by atoms with van der Waals surface area (Å²) in [6.45, 7) is 1.92. The number of aromatic nitrogens is 2. The van der Waals surface area contributed by atoms with Gasteiger partial charge in [0, 0.05) is 28.0 Å². The van der Waals surface area contributed by atoms with Crippen LogP contribution in [0.15, 0.2) is 55.0 Å². The number of carbonyl (C=O) groups excluding carboxylic acids is 1. The van der Waals surface area contributed by atoms with E-state index in [0.717, 1.165) is 11.4 Å². The van der Waals surface area contributed by atoms with Crippen LogP contribution in [-0.4, -0.2) is 15.3 Å². The third kappa shape index (κ3) is 2.65. The van der Waals surface area contributed by atoms with Crippen molar-refractivity contribution in [2.75, 3.05) is 0 Å². The number of rotatable bonds is 3. The molecule has 0 aliphatic heterocycles. The number of benzene rings is 2. The molecule has 0 atom stereocenters. The summed E-state index contributed by atoms with van der Waals surface area (Å²) in [6, 6.07) is 12.2. The van der Waals surface area contributed by atoms with E-state index in [2.05, 4.69) is 4.98 Å². The zero-order chi connectivity index (χ0) is 15.7. The lowest BCUT2D eigenvalue weighted by molar-refractivity contribution is 0.103. The Kier molecular flexibility index (Phi) is 4.01. The van der Waals surface area contributed by atoms with Crippen LogP contribution in [0.2, 0.25) is 10.0 Å². The van der Waals surface area contributed by atoms with E-state index in [1.807, 2.05) is 11.5 Å². The van der Waals surface area contributed by atoms with Gasteiger partial charge in [0.2, 0.25) is 0 Å². The summed E-state index contributed by atoms with van der Waals surface area (Å²) in [5, 5.41) is 0.915. The third-order valence-corrected chi connectivity index (χ3v) is 3.97. The quantitative estimate of drug-likeness (QED) is 0.651. The standard InChI is InChI=1S/C17H12Cl2N2O/c1-11-9-20-10-21(11)16-7-6-12(18)8-14(16)17(22)13-4-2-3-5-15(13)19/h2-10H,1H3. The Morgan fingerprint density at radius 3 is 2.55 bits per heavy atom. The highest BCUT2D eigenvalue weighted by Crippen LogP contribution is 2.26. The first-order chi connectivity index (χ1) is 10.6.